The third-order valence-electron chi connectivity index (χ3n) is 5.63. The van der Waals surface area contributed by atoms with Crippen LogP contribution in [0.15, 0.2) is 29.4 Å². The first kappa shape index (κ1) is 24.4. The number of fused-ring (bicyclic) bond motifs is 1. The van der Waals surface area contributed by atoms with Crippen LogP contribution in [-0.4, -0.2) is 52.6 Å². The molecule has 2 N–H and O–H groups in total. The molecule has 2 aromatic heterocycles. The molecule has 1 aliphatic rings. The molecular formula is C24H29N5O3S2. The standard InChI is InChI=1S/C24H29N5O3S2/c1-15-7-6-8-17(13-15)29-16(2)27-28-24(29)33-14-20(30)26-23-21(22(31)25-11-12-32-3)18-9-4-5-10-19(18)34-23/h6-8,13H,4-5,9-12,14H2,1-3H3,(H,25,31)(H,26,30). The van der Waals surface area contributed by atoms with Crippen LogP contribution >= 0.6 is 23.1 Å². The summed E-state index contributed by atoms with van der Waals surface area (Å²) >= 11 is 2.85. The summed E-state index contributed by atoms with van der Waals surface area (Å²) in [5.41, 5.74) is 3.78. The van der Waals surface area contributed by atoms with Crippen molar-refractivity contribution >= 4 is 39.9 Å². The zero-order chi connectivity index (χ0) is 24.1. The average molecular weight is 500 g/mol. The highest BCUT2D eigenvalue weighted by Gasteiger charge is 2.26. The lowest BCUT2D eigenvalue weighted by Gasteiger charge is -2.13. The summed E-state index contributed by atoms with van der Waals surface area (Å²) in [5, 5.41) is 15.6. The summed E-state index contributed by atoms with van der Waals surface area (Å²) in [6, 6.07) is 8.08. The van der Waals surface area contributed by atoms with E-state index in [1.165, 1.54) is 28.0 Å². The van der Waals surface area contributed by atoms with Gasteiger partial charge in [0, 0.05) is 24.2 Å². The van der Waals surface area contributed by atoms with Gasteiger partial charge in [0.2, 0.25) is 5.91 Å². The maximum absolute atomic E-state index is 12.9. The van der Waals surface area contributed by atoms with Crippen LogP contribution in [0, 0.1) is 13.8 Å². The topological polar surface area (TPSA) is 98.1 Å². The molecule has 10 heteroatoms. The minimum Gasteiger partial charge on any atom is -0.383 e. The Balaban J connectivity index is 1.48. The molecule has 0 bridgehead atoms. The van der Waals surface area contributed by atoms with Crippen molar-refractivity contribution in [2.75, 3.05) is 31.3 Å². The number of thioether (sulfide) groups is 1. The molecule has 0 aliphatic heterocycles. The van der Waals surface area contributed by atoms with Gasteiger partial charge < -0.3 is 15.4 Å². The van der Waals surface area contributed by atoms with Gasteiger partial charge in [-0.2, -0.15) is 0 Å². The van der Waals surface area contributed by atoms with Gasteiger partial charge in [0.25, 0.3) is 5.91 Å². The van der Waals surface area contributed by atoms with Crippen LogP contribution < -0.4 is 10.6 Å². The molecule has 0 unspecified atom stereocenters. The van der Waals surface area contributed by atoms with Crippen LogP contribution in [0.1, 0.15) is 45.0 Å². The van der Waals surface area contributed by atoms with Crippen molar-refractivity contribution in [1.82, 2.24) is 20.1 Å². The summed E-state index contributed by atoms with van der Waals surface area (Å²) in [5.74, 6) is 0.590. The maximum Gasteiger partial charge on any atom is 0.254 e. The second-order valence-electron chi connectivity index (χ2n) is 8.20. The number of nitrogens with zero attached hydrogens (tertiary/aromatic N) is 3. The number of hydrogen-bond donors (Lipinski definition) is 2. The number of anilines is 1. The lowest BCUT2D eigenvalue weighted by atomic mass is 9.95. The number of rotatable bonds is 9. The number of ether oxygens (including phenoxy) is 1. The third kappa shape index (κ3) is 5.51. The molecule has 2 amide bonds. The third-order valence-corrected chi connectivity index (χ3v) is 7.77. The minimum absolute atomic E-state index is 0.158. The first-order valence-corrected chi connectivity index (χ1v) is 13.1. The quantitative estimate of drug-likeness (QED) is 0.342. The highest BCUT2D eigenvalue weighted by molar-refractivity contribution is 7.99. The van der Waals surface area contributed by atoms with Crippen molar-refractivity contribution in [3.05, 3.63) is 51.7 Å². The van der Waals surface area contributed by atoms with Crippen molar-refractivity contribution in [3.63, 3.8) is 0 Å². The van der Waals surface area contributed by atoms with Crippen molar-refractivity contribution in [2.24, 2.45) is 0 Å². The van der Waals surface area contributed by atoms with Crippen molar-refractivity contribution < 1.29 is 14.3 Å². The molecule has 1 aromatic carbocycles. The Morgan fingerprint density at radius 3 is 2.82 bits per heavy atom. The predicted octanol–water partition coefficient (Wildman–Crippen LogP) is 3.93. The van der Waals surface area contributed by atoms with Gasteiger partial charge in [-0.15, -0.1) is 21.5 Å². The van der Waals surface area contributed by atoms with Gasteiger partial charge in [0.15, 0.2) is 5.16 Å². The second-order valence-corrected chi connectivity index (χ2v) is 10.3. The Morgan fingerprint density at radius 1 is 1.21 bits per heavy atom. The Bertz CT molecular complexity index is 1190. The Labute approximate surface area is 207 Å². The van der Waals surface area contributed by atoms with Crippen molar-refractivity contribution in [2.45, 2.75) is 44.7 Å². The van der Waals surface area contributed by atoms with Gasteiger partial charge in [0.05, 0.1) is 17.9 Å². The van der Waals surface area contributed by atoms with Gasteiger partial charge in [-0.3, -0.25) is 14.2 Å². The molecule has 0 spiro atoms. The number of hydrogen-bond acceptors (Lipinski definition) is 7. The number of carbonyl (C=O) groups is 2. The minimum atomic E-state index is -0.175. The van der Waals surface area contributed by atoms with Crippen LogP contribution in [0.3, 0.4) is 0 Å². The number of methoxy groups -OCH3 is 1. The monoisotopic (exact) mass is 499 g/mol. The van der Waals surface area contributed by atoms with Crippen LogP contribution in [0.2, 0.25) is 0 Å². The average Bonchev–Trinajstić information content (AvgIpc) is 3.37. The molecule has 0 saturated carbocycles. The molecule has 4 rings (SSSR count). The number of nitrogens with one attached hydrogen (secondary N) is 2. The number of aryl methyl sites for hydroxylation is 3. The smallest absolute Gasteiger partial charge is 0.254 e. The Hall–Kier alpha value is -2.69. The van der Waals surface area contributed by atoms with E-state index in [2.05, 4.69) is 26.9 Å². The van der Waals surface area contributed by atoms with E-state index in [0.717, 1.165) is 48.3 Å². The molecule has 0 atom stereocenters. The number of benzene rings is 1. The molecule has 180 valence electrons. The highest BCUT2D eigenvalue weighted by Crippen LogP contribution is 2.38. The highest BCUT2D eigenvalue weighted by atomic mass is 32.2. The van der Waals surface area contributed by atoms with Crippen LogP contribution in [0.5, 0.6) is 0 Å². The molecular weight excluding hydrogens is 470 g/mol. The predicted molar refractivity (Wildman–Crippen MR) is 135 cm³/mol. The first-order valence-electron chi connectivity index (χ1n) is 11.3. The Kier molecular flexibility index (Phi) is 8.02. The lowest BCUT2D eigenvalue weighted by molar-refractivity contribution is -0.113. The van der Waals surface area contributed by atoms with E-state index in [9.17, 15) is 9.59 Å². The van der Waals surface area contributed by atoms with Crippen LogP contribution in [-0.2, 0) is 22.4 Å². The number of thiophene rings is 1. The lowest BCUT2D eigenvalue weighted by Crippen LogP contribution is -2.29. The Morgan fingerprint density at radius 2 is 2.03 bits per heavy atom. The van der Waals surface area contributed by atoms with E-state index >= 15 is 0 Å². The van der Waals surface area contributed by atoms with E-state index in [1.807, 2.05) is 36.6 Å². The number of aromatic nitrogens is 3. The summed E-state index contributed by atoms with van der Waals surface area (Å²) in [7, 11) is 1.60. The summed E-state index contributed by atoms with van der Waals surface area (Å²) < 4.78 is 6.99. The van der Waals surface area contributed by atoms with Gasteiger partial charge in [0.1, 0.15) is 10.8 Å². The van der Waals surface area contributed by atoms with Crippen molar-refractivity contribution in [1.29, 1.82) is 0 Å². The van der Waals surface area contributed by atoms with E-state index in [0.29, 0.717) is 28.9 Å². The fourth-order valence-electron chi connectivity index (χ4n) is 4.04. The van der Waals surface area contributed by atoms with Gasteiger partial charge in [-0.05, 0) is 62.8 Å². The van der Waals surface area contributed by atoms with Gasteiger partial charge >= 0.3 is 0 Å². The second kappa shape index (κ2) is 11.2. The normalized spacial score (nSPS) is 12.9. The molecule has 0 fully saturated rings. The van der Waals surface area contributed by atoms with E-state index in [4.69, 9.17) is 4.74 Å². The molecule has 34 heavy (non-hydrogen) atoms. The van der Waals surface area contributed by atoms with Crippen molar-refractivity contribution in [3.8, 4) is 5.69 Å². The van der Waals surface area contributed by atoms with Crippen LogP contribution in [0.25, 0.3) is 5.69 Å². The molecule has 8 nitrogen and oxygen atoms in total. The zero-order valence-corrected chi connectivity index (χ0v) is 21.3. The number of amides is 2. The molecule has 0 radical (unpaired) electrons. The SMILES string of the molecule is COCCNC(=O)c1c(NC(=O)CSc2nnc(C)n2-c2cccc(C)c2)sc2c1CCCC2. The largest absolute Gasteiger partial charge is 0.383 e. The van der Waals surface area contributed by atoms with E-state index in [-0.39, 0.29) is 17.6 Å². The van der Waals surface area contributed by atoms with Crippen LogP contribution in [0.4, 0.5) is 5.00 Å². The first-order chi connectivity index (χ1) is 16.5. The number of carbonyl (C=O) groups excluding carboxylic acids is 2. The molecule has 1 aliphatic carbocycles. The molecule has 0 saturated heterocycles. The van der Waals surface area contributed by atoms with Gasteiger partial charge in [-0.1, -0.05) is 23.9 Å². The fraction of sp³-hybridized carbons (Fsp3) is 0.417. The summed E-state index contributed by atoms with van der Waals surface area (Å²) in [4.78, 5) is 27.0. The van der Waals surface area contributed by atoms with E-state index < -0.39 is 0 Å². The summed E-state index contributed by atoms with van der Waals surface area (Å²) in [6.07, 6.45) is 3.97. The molecule has 3 aromatic rings. The van der Waals surface area contributed by atoms with E-state index in [1.54, 1.807) is 7.11 Å². The molecule has 2 heterocycles. The zero-order valence-electron chi connectivity index (χ0n) is 19.6. The maximum atomic E-state index is 12.9. The summed E-state index contributed by atoms with van der Waals surface area (Å²) in [6.45, 7) is 4.80. The fourth-order valence-corrected chi connectivity index (χ4v) is 6.14. The van der Waals surface area contributed by atoms with Gasteiger partial charge in [-0.25, -0.2) is 0 Å².